The van der Waals surface area contributed by atoms with Crippen LogP contribution in [-0.4, -0.2) is 11.0 Å². The normalized spacial score (nSPS) is 13.6. The maximum absolute atomic E-state index is 10.2. The molecule has 1 unspecified atom stereocenters. The van der Waals surface area contributed by atoms with Crippen LogP contribution in [0.5, 0.6) is 0 Å². The van der Waals surface area contributed by atoms with Crippen LogP contribution >= 0.6 is 24.2 Å². The van der Waals surface area contributed by atoms with E-state index in [1.807, 2.05) is 0 Å². The lowest BCUT2D eigenvalue weighted by Crippen LogP contribution is -2.03. The predicted molar refractivity (Wildman–Crippen MR) is 33.9 cm³/mol. The first-order valence-electron chi connectivity index (χ1n) is 1.97. The largest absolute Gasteiger partial charge is 0.287 e. The summed E-state index contributed by atoms with van der Waals surface area (Å²) in [4.78, 5) is 10.2. The van der Waals surface area contributed by atoms with E-state index in [-0.39, 0.29) is 11.0 Å². The zero-order valence-corrected chi connectivity index (χ0v) is 5.67. The first kappa shape index (κ1) is 7.31. The van der Waals surface area contributed by atoms with Gasteiger partial charge in [0.2, 0.25) is 0 Å². The second-order valence-corrected chi connectivity index (χ2v) is 2.14. The van der Waals surface area contributed by atoms with Crippen molar-refractivity contribution in [3.8, 4) is 0 Å². The van der Waals surface area contributed by atoms with Crippen molar-refractivity contribution in [1.82, 2.24) is 0 Å². The third kappa shape index (κ3) is 2.94. The topological polar surface area (TPSA) is 17.1 Å². The summed E-state index contributed by atoms with van der Waals surface area (Å²) in [7, 11) is 0. The molecule has 0 fully saturated rings. The Balaban J connectivity index is 3.34. The molecule has 0 aromatic rings. The SMILES string of the molecule is CC(CCl)C(=O)S. The Kier molecular flexibility index (Phi) is 3.48. The summed E-state index contributed by atoms with van der Waals surface area (Å²) >= 11 is 8.83. The lowest BCUT2D eigenvalue weighted by Gasteiger charge is -1.95. The van der Waals surface area contributed by atoms with Crippen molar-refractivity contribution in [2.24, 2.45) is 5.92 Å². The van der Waals surface area contributed by atoms with E-state index in [0.29, 0.717) is 5.88 Å². The average molecular weight is 139 g/mol. The Labute approximate surface area is 53.5 Å². The molecule has 0 aromatic heterocycles. The molecule has 0 saturated carbocycles. The molecular weight excluding hydrogens is 132 g/mol. The third-order valence-electron chi connectivity index (χ3n) is 0.653. The van der Waals surface area contributed by atoms with Crippen LogP contribution in [0.25, 0.3) is 0 Å². The minimum absolute atomic E-state index is 0.106. The van der Waals surface area contributed by atoms with Gasteiger partial charge in [-0.3, -0.25) is 4.79 Å². The predicted octanol–water partition coefficient (Wildman–Crippen LogP) is 1.32. The molecule has 1 atom stereocenters. The molecule has 0 radical (unpaired) electrons. The van der Waals surface area contributed by atoms with Crippen molar-refractivity contribution in [2.45, 2.75) is 6.92 Å². The van der Waals surface area contributed by atoms with Crippen molar-refractivity contribution in [2.75, 3.05) is 5.88 Å². The minimum atomic E-state index is -0.144. The Bertz CT molecular complexity index is 74.1. The Hall–Kier alpha value is 0.310. The summed E-state index contributed by atoms with van der Waals surface area (Å²) in [5.74, 6) is 0.257. The van der Waals surface area contributed by atoms with Crippen LogP contribution in [0.4, 0.5) is 0 Å². The summed E-state index contributed by atoms with van der Waals surface area (Å²) in [6, 6.07) is 0. The van der Waals surface area contributed by atoms with Gasteiger partial charge in [0.05, 0.1) is 0 Å². The van der Waals surface area contributed by atoms with Gasteiger partial charge in [-0.05, 0) is 0 Å². The van der Waals surface area contributed by atoms with Gasteiger partial charge in [-0.1, -0.05) is 6.92 Å². The van der Waals surface area contributed by atoms with Gasteiger partial charge < -0.3 is 0 Å². The quantitative estimate of drug-likeness (QED) is 0.450. The van der Waals surface area contributed by atoms with Gasteiger partial charge in [-0.15, -0.1) is 24.2 Å². The number of alkyl halides is 1. The van der Waals surface area contributed by atoms with E-state index in [1.54, 1.807) is 6.92 Å². The second-order valence-electron chi connectivity index (χ2n) is 1.39. The summed E-state index contributed by atoms with van der Waals surface area (Å²) in [5.41, 5.74) is 0. The molecule has 0 N–H and O–H groups in total. The van der Waals surface area contributed by atoms with Crippen molar-refractivity contribution in [1.29, 1.82) is 0 Å². The maximum Gasteiger partial charge on any atom is 0.189 e. The average Bonchev–Trinajstić information content (AvgIpc) is 1.65. The van der Waals surface area contributed by atoms with E-state index in [2.05, 4.69) is 12.6 Å². The second kappa shape index (κ2) is 3.33. The highest BCUT2D eigenvalue weighted by molar-refractivity contribution is 7.96. The fraction of sp³-hybridized carbons (Fsp3) is 0.750. The molecule has 0 aromatic carbocycles. The molecule has 0 aliphatic carbocycles. The van der Waals surface area contributed by atoms with Crippen LogP contribution in [0, 0.1) is 5.92 Å². The highest BCUT2D eigenvalue weighted by Gasteiger charge is 2.03. The van der Waals surface area contributed by atoms with Gasteiger partial charge in [0.1, 0.15) is 0 Å². The molecule has 0 heterocycles. The van der Waals surface area contributed by atoms with Crippen molar-refractivity contribution >= 4 is 29.3 Å². The number of carbonyl (C=O) groups excluding carboxylic acids is 1. The zero-order chi connectivity index (χ0) is 5.86. The molecule has 3 heteroatoms. The van der Waals surface area contributed by atoms with Crippen LogP contribution in [0.15, 0.2) is 0 Å². The summed E-state index contributed by atoms with van der Waals surface area (Å²) in [5, 5.41) is -0.144. The fourth-order valence-electron chi connectivity index (χ4n) is 0.0660. The Morgan fingerprint density at radius 2 is 2.43 bits per heavy atom. The van der Waals surface area contributed by atoms with E-state index in [1.165, 1.54) is 0 Å². The molecule has 42 valence electrons. The lowest BCUT2D eigenvalue weighted by atomic mass is 10.3. The van der Waals surface area contributed by atoms with Gasteiger partial charge in [0, 0.05) is 11.8 Å². The Morgan fingerprint density at radius 3 is 2.43 bits per heavy atom. The first-order chi connectivity index (χ1) is 3.18. The van der Waals surface area contributed by atoms with Crippen LogP contribution in [-0.2, 0) is 4.79 Å². The molecule has 0 amide bonds. The highest BCUT2D eigenvalue weighted by atomic mass is 35.5. The number of rotatable bonds is 2. The molecule has 0 bridgehead atoms. The third-order valence-corrected chi connectivity index (χ3v) is 1.56. The lowest BCUT2D eigenvalue weighted by molar-refractivity contribution is -0.113. The molecule has 0 aliphatic rings. The van der Waals surface area contributed by atoms with Crippen LogP contribution in [0.3, 0.4) is 0 Å². The highest BCUT2D eigenvalue weighted by Crippen LogP contribution is 2.00. The molecule has 7 heavy (non-hydrogen) atoms. The zero-order valence-electron chi connectivity index (χ0n) is 4.02. The van der Waals surface area contributed by atoms with E-state index < -0.39 is 0 Å². The smallest absolute Gasteiger partial charge is 0.189 e. The Morgan fingerprint density at radius 1 is 2.00 bits per heavy atom. The van der Waals surface area contributed by atoms with Gasteiger partial charge in [-0.25, -0.2) is 0 Å². The van der Waals surface area contributed by atoms with Crippen molar-refractivity contribution in [3.63, 3.8) is 0 Å². The number of thiol groups is 1. The number of hydrogen-bond acceptors (Lipinski definition) is 1. The van der Waals surface area contributed by atoms with Crippen LogP contribution < -0.4 is 0 Å². The number of hydrogen-bond donors (Lipinski definition) is 1. The maximum atomic E-state index is 10.2. The molecule has 0 aliphatic heterocycles. The standard InChI is InChI=1S/C4H7ClOS/c1-3(2-5)4(6)7/h3H,2H2,1H3,(H,6,7). The van der Waals surface area contributed by atoms with Gasteiger partial charge >= 0.3 is 0 Å². The summed E-state index contributed by atoms with van der Waals surface area (Å²) < 4.78 is 0. The van der Waals surface area contributed by atoms with Crippen molar-refractivity contribution in [3.05, 3.63) is 0 Å². The van der Waals surface area contributed by atoms with Gasteiger partial charge in [-0.2, -0.15) is 0 Å². The van der Waals surface area contributed by atoms with E-state index in [4.69, 9.17) is 11.6 Å². The fourth-order valence-corrected chi connectivity index (χ4v) is 0.405. The summed E-state index contributed by atoms with van der Waals surface area (Å²) in [6.45, 7) is 1.74. The van der Waals surface area contributed by atoms with Crippen LogP contribution in [0.1, 0.15) is 6.92 Å². The van der Waals surface area contributed by atoms with Crippen molar-refractivity contribution < 1.29 is 4.79 Å². The van der Waals surface area contributed by atoms with E-state index in [9.17, 15) is 4.79 Å². The monoisotopic (exact) mass is 138 g/mol. The first-order valence-corrected chi connectivity index (χ1v) is 2.95. The molecule has 0 spiro atoms. The summed E-state index contributed by atoms with van der Waals surface area (Å²) in [6.07, 6.45) is 0. The molecule has 0 rings (SSSR count). The van der Waals surface area contributed by atoms with Crippen LogP contribution in [0.2, 0.25) is 0 Å². The van der Waals surface area contributed by atoms with Gasteiger partial charge in [0.15, 0.2) is 5.12 Å². The number of carbonyl (C=O) groups is 1. The minimum Gasteiger partial charge on any atom is -0.287 e. The molecule has 0 saturated heterocycles. The van der Waals surface area contributed by atoms with E-state index in [0.717, 1.165) is 0 Å². The van der Waals surface area contributed by atoms with Gasteiger partial charge in [0.25, 0.3) is 0 Å². The van der Waals surface area contributed by atoms with E-state index >= 15 is 0 Å². The molecule has 1 nitrogen and oxygen atoms in total. The molecular formula is C4H7ClOS. The number of halogens is 1.